The number of benzene rings is 2. The first-order valence-corrected chi connectivity index (χ1v) is 9.42. The standard InChI is InChI=1S/C18H22N4O3S/c1-14(23)12-19-16-6-10-18(11-7-16)26(24,25)21-20-13-15-4-8-17(9-5-15)22(2)3/h4-11,13,19,21H,12H2,1-3H3. The first-order chi connectivity index (χ1) is 12.3. The third-order valence-electron chi connectivity index (χ3n) is 3.50. The zero-order valence-corrected chi connectivity index (χ0v) is 15.7. The lowest BCUT2D eigenvalue weighted by Crippen LogP contribution is -2.18. The number of carbonyl (C=O) groups is 1. The highest BCUT2D eigenvalue weighted by Crippen LogP contribution is 2.14. The van der Waals surface area contributed by atoms with Crippen molar-refractivity contribution in [2.75, 3.05) is 30.9 Å². The molecular weight excluding hydrogens is 352 g/mol. The molecule has 0 saturated heterocycles. The lowest BCUT2D eigenvalue weighted by molar-refractivity contribution is -0.115. The molecule has 2 N–H and O–H groups in total. The minimum Gasteiger partial charge on any atom is -0.378 e. The number of nitrogens with one attached hydrogen (secondary N) is 2. The van der Waals surface area contributed by atoms with E-state index in [1.54, 1.807) is 12.1 Å². The highest BCUT2D eigenvalue weighted by Gasteiger charge is 2.12. The van der Waals surface area contributed by atoms with Crippen LogP contribution in [0.5, 0.6) is 0 Å². The van der Waals surface area contributed by atoms with Gasteiger partial charge in [0.1, 0.15) is 5.78 Å². The zero-order chi connectivity index (χ0) is 19.2. The van der Waals surface area contributed by atoms with Crippen LogP contribution in [0.2, 0.25) is 0 Å². The largest absolute Gasteiger partial charge is 0.378 e. The predicted molar refractivity (Wildman–Crippen MR) is 104 cm³/mol. The van der Waals surface area contributed by atoms with E-state index in [-0.39, 0.29) is 17.2 Å². The molecule has 0 aliphatic heterocycles. The van der Waals surface area contributed by atoms with Gasteiger partial charge >= 0.3 is 0 Å². The molecular formula is C18H22N4O3S. The monoisotopic (exact) mass is 374 g/mol. The quantitative estimate of drug-likeness (QED) is 0.545. The van der Waals surface area contributed by atoms with Gasteiger partial charge in [-0.1, -0.05) is 12.1 Å². The Bertz CT molecular complexity index is 874. The summed E-state index contributed by atoms with van der Waals surface area (Å²) in [6.45, 7) is 1.67. The summed E-state index contributed by atoms with van der Waals surface area (Å²) in [6.07, 6.45) is 1.44. The van der Waals surface area contributed by atoms with Gasteiger partial charge in [-0.25, -0.2) is 4.83 Å². The maximum atomic E-state index is 12.2. The van der Waals surface area contributed by atoms with E-state index >= 15 is 0 Å². The van der Waals surface area contributed by atoms with Crippen LogP contribution in [-0.2, 0) is 14.8 Å². The molecule has 0 saturated carbocycles. The van der Waals surface area contributed by atoms with Crippen LogP contribution in [0.1, 0.15) is 12.5 Å². The van der Waals surface area contributed by atoms with E-state index in [0.29, 0.717) is 5.69 Å². The van der Waals surface area contributed by atoms with Crippen molar-refractivity contribution in [2.24, 2.45) is 5.10 Å². The van der Waals surface area contributed by atoms with Crippen molar-refractivity contribution in [1.29, 1.82) is 0 Å². The highest BCUT2D eigenvalue weighted by atomic mass is 32.2. The molecule has 8 heteroatoms. The number of hydrogen-bond donors (Lipinski definition) is 2. The Balaban J connectivity index is 2.00. The van der Waals surface area contributed by atoms with Gasteiger partial charge < -0.3 is 10.2 Å². The van der Waals surface area contributed by atoms with Gasteiger partial charge in [-0.2, -0.15) is 13.5 Å². The van der Waals surface area contributed by atoms with E-state index in [4.69, 9.17) is 0 Å². The van der Waals surface area contributed by atoms with E-state index < -0.39 is 10.0 Å². The summed E-state index contributed by atoms with van der Waals surface area (Å²) in [5.41, 5.74) is 2.49. The lowest BCUT2D eigenvalue weighted by Gasteiger charge is -2.11. The number of ketones is 1. The number of rotatable bonds is 8. The van der Waals surface area contributed by atoms with Gasteiger partial charge in [0.05, 0.1) is 17.7 Å². The van der Waals surface area contributed by atoms with Crippen molar-refractivity contribution in [1.82, 2.24) is 4.83 Å². The third-order valence-corrected chi connectivity index (χ3v) is 4.74. The van der Waals surface area contributed by atoms with Gasteiger partial charge in [0.25, 0.3) is 10.0 Å². The van der Waals surface area contributed by atoms with Crippen LogP contribution in [0.15, 0.2) is 58.5 Å². The Labute approximate surface area is 153 Å². The molecule has 0 aliphatic rings. The molecule has 26 heavy (non-hydrogen) atoms. The SMILES string of the molecule is CC(=O)CNc1ccc(S(=O)(=O)NN=Cc2ccc(N(C)C)cc2)cc1. The fourth-order valence-electron chi connectivity index (χ4n) is 2.06. The first-order valence-electron chi connectivity index (χ1n) is 7.93. The summed E-state index contributed by atoms with van der Waals surface area (Å²) in [5, 5.41) is 6.71. The van der Waals surface area contributed by atoms with Crippen LogP contribution in [0.3, 0.4) is 0 Å². The number of anilines is 2. The lowest BCUT2D eigenvalue weighted by atomic mass is 10.2. The molecule has 0 fully saturated rings. The van der Waals surface area contributed by atoms with Crippen molar-refractivity contribution in [3.8, 4) is 0 Å². The van der Waals surface area contributed by atoms with E-state index in [9.17, 15) is 13.2 Å². The molecule has 0 amide bonds. The molecule has 138 valence electrons. The van der Waals surface area contributed by atoms with Gasteiger partial charge in [-0.15, -0.1) is 0 Å². The zero-order valence-electron chi connectivity index (χ0n) is 14.9. The second kappa shape index (κ2) is 8.48. The van der Waals surface area contributed by atoms with Gasteiger partial charge in [0.15, 0.2) is 0 Å². The van der Waals surface area contributed by atoms with E-state index in [2.05, 4.69) is 15.2 Å². The van der Waals surface area contributed by atoms with Crippen molar-refractivity contribution in [2.45, 2.75) is 11.8 Å². The summed E-state index contributed by atoms with van der Waals surface area (Å²) in [4.78, 5) is 15.2. The van der Waals surface area contributed by atoms with Crippen LogP contribution in [-0.4, -0.2) is 41.1 Å². The Morgan fingerprint density at radius 1 is 1.08 bits per heavy atom. The average molecular weight is 374 g/mol. The molecule has 0 heterocycles. The third kappa shape index (κ3) is 5.59. The maximum absolute atomic E-state index is 12.2. The molecule has 0 atom stereocenters. The molecule has 2 aromatic carbocycles. The number of carbonyl (C=O) groups excluding carboxylic acids is 1. The van der Waals surface area contributed by atoms with Crippen LogP contribution >= 0.6 is 0 Å². The normalized spacial score (nSPS) is 11.3. The van der Waals surface area contributed by atoms with E-state index in [1.807, 2.05) is 43.3 Å². The second-order valence-electron chi connectivity index (χ2n) is 5.92. The summed E-state index contributed by atoms with van der Waals surface area (Å²) < 4.78 is 24.5. The maximum Gasteiger partial charge on any atom is 0.276 e. The Morgan fingerprint density at radius 3 is 2.23 bits per heavy atom. The van der Waals surface area contributed by atoms with Crippen LogP contribution in [0, 0.1) is 0 Å². The van der Waals surface area contributed by atoms with Crippen molar-refractivity contribution in [3.63, 3.8) is 0 Å². The molecule has 0 radical (unpaired) electrons. The summed E-state index contributed by atoms with van der Waals surface area (Å²) in [7, 11) is 0.134. The fourth-order valence-corrected chi connectivity index (χ4v) is 2.85. The number of Topliss-reactive ketones (excluding diaryl/α,β-unsaturated/α-hetero) is 1. The average Bonchev–Trinajstić information content (AvgIpc) is 2.60. The van der Waals surface area contributed by atoms with Crippen molar-refractivity contribution >= 4 is 33.4 Å². The molecule has 0 bridgehead atoms. The van der Waals surface area contributed by atoms with Gasteiger partial charge in [0.2, 0.25) is 0 Å². The Hall–Kier alpha value is -2.87. The summed E-state index contributed by atoms with van der Waals surface area (Å²) >= 11 is 0. The van der Waals surface area contributed by atoms with Gasteiger partial charge in [0, 0.05) is 25.5 Å². The number of nitrogens with zero attached hydrogens (tertiary/aromatic N) is 2. The Kier molecular flexibility index (Phi) is 6.35. The molecule has 7 nitrogen and oxygen atoms in total. The summed E-state index contributed by atoms with van der Waals surface area (Å²) in [5.74, 6) is -0.00341. The minimum absolute atomic E-state index is 0.00341. The molecule has 0 spiro atoms. The van der Waals surface area contributed by atoms with Crippen LogP contribution < -0.4 is 15.0 Å². The fraction of sp³-hybridized carbons (Fsp3) is 0.222. The van der Waals surface area contributed by atoms with E-state index in [0.717, 1.165) is 11.3 Å². The minimum atomic E-state index is -3.75. The number of hydrazone groups is 1. The molecule has 0 unspecified atom stereocenters. The smallest absolute Gasteiger partial charge is 0.276 e. The van der Waals surface area contributed by atoms with Crippen molar-refractivity contribution < 1.29 is 13.2 Å². The Morgan fingerprint density at radius 2 is 1.69 bits per heavy atom. The molecule has 2 aromatic rings. The molecule has 2 rings (SSSR count). The van der Waals surface area contributed by atoms with Crippen LogP contribution in [0.25, 0.3) is 0 Å². The van der Waals surface area contributed by atoms with Gasteiger partial charge in [-0.3, -0.25) is 4.79 Å². The number of sulfonamides is 1. The van der Waals surface area contributed by atoms with Crippen LogP contribution in [0.4, 0.5) is 11.4 Å². The molecule has 0 aromatic heterocycles. The predicted octanol–water partition coefficient (Wildman–Crippen LogP) is 2.07. The van der Waals surface area contributed by atoms with E-state index in [1.165, 1.54) is 25.3 Å². The topological polar surface area (TPSA) is 90.9 Å². The van der Waals surface area contributed by atoms with Crippen molar-refractivity contribution in [3.05, 3.63) is 54.1 Å². The summed E-state index contributed by atoms with van der Waals surface area (Å²) in [6, 6.07) is 13.6. The first kappa shape index (κ1) is 19.5. The number of hydrogen-bond acceptors (Lipinski definition) is 6. The van der Waals surface area contributed by atoms with Gasteiger partial charge in [-0.05, 0) is 48.9 Å². The second-order valence-corrected chi connectivity index (χ2v) is 7.58. The highest BCUT2D eigenvalue weighted by molar-refractivity contribution is 7.89. The molecule has 0 aliphatic carbocycles.